The number of aromatic nitrogens is 2. The van der Waals surface area contributed by atoms with E-state index in [0.717, 1.165) is 0 Å². The minimum absolute atomic E-state index is 0.665. The Morgan fingerprint density at radius 3 is 0.855 bits per heavy atom. The number of nitrogens with zero attached hydrogens (tertiary/aromatic N) is 4. The van der Waals surface area contributed by atoms with E-state index >= 15 is 0 Å². The van der Waals surface area contributed by atoms with E-state index in [4.69, 9.17) is 11.0 Å². The largest absolute Gasteiger partial charge is 0.307 e. The molecule has 2 aliphatic rings. The third-order valence-corrected chi connectivity index (χ3v) is 11.4. The SMILES string of the molecule is [2H]c1c([2H])c([2H])c2c(c1[2H])-c1c([2H])c([2H])c([2H])c([2H])c1C2c1c(C#N)c(C#N)c(C2c3c([2H])c([2H])c([2H])c([2H])c3-c3c([2H])c([2H])c([2H])c([2H])c32)c(-n2c3c([2H])c([2H])c([2H])c([2H])c3c3c([2H])c([2H])c([2H])c([2H])c32)c1-n1c2c([2H])c([2H])c([2H])c([2H])c2c2c([2H])c([2H])c([2H])c([2H])c21. The van der Waals surface area contributed by atoms with E-state index in [0.29, 0.717) is 9.13 Å². The Kier molecular flexibility index (Phi) is 3.27. The maximum Gasteiger partial charge on any atom is 0.101 e. The van der Waals surface area contributed by atoms with Crippen LogP contribution in [0.25, 0.3) is 77.2 Å². The molecule has 13 rings (SSSR count). The third-order valence-electron chi connectivity index (χ3n) is 11.4. The van der Waals surface area contributed by atoms with Crippen LogP contribution in [-0.4, -0.2) is 9.13 Å². The molecule has 11 aromatic rings. The highest BCUT2D eigenvalue weighted by Gasteiger charge is 2.42. The summed E-state index contributed by atoms with van der Waals surface area (Å²) in [6.45, 7) is 0. The molecule has 0 saturated heterocycles. The number of hydrogen-bond acceptors (Lipinski definition) is 2. The smallest absolute Gasteiger partial charge is 0.101 e. The summed E-state index contributed by atoms with van der Waals surface area (Å²) in [7, 11) is 0. The minimum Gasteiger partial charge on any atom is -0.307 e. The Bertz CT molecular complexity index is 5050. The molecule has 0 N–H and O–H groups in total. The predicted molar refractivity (Wildman–Crippen MR) is 250 cm³/mol. The number of hydrogen-bond donors (Lipinski definition) is 0. The molecule has 9 aromatic carbocycles. The van der Waals surface area contributed by atoms with E-state index in [2.05, 4.69) is 0 Å². The van der Waals surface area contributed by atoms with Gasteiger partial charge in [-0.25, -0.2) is 0 Å². The van der Waals surface area contributed by atoms with Gasteiger partial charge in [-0.1, -0.05) is 169 Å². The van der Waals surface area contributed by atoms with Crippen LogP contribution >= 0.6 is 0 Å². The summed E-state index contributed by atoms with van der Waals surface area (Å²) in [6.07, 6.45) is 0. The summed E-state index contributed by atoms with van der Waals surface area (Å²) in [4.78, 5) is 0. The number of nitriles is 2. The van der Waals surface area contributed by atoms with Crippen LogP contribution in [0.5, 0.6) is 0 Å². The van der Waals surface area contributed by atoms with Gasteiger partial charge in [-0.15, -0.1) is 0 Å². The molecule has 0 unspecified atom stereocenters. The number of rotatable bonds is 4. The van der Waals surface area contributed by atoms with Crippen molar-refractivity contribution in [2.75, 3.05) is 0 Å². The first-order chi connectivity index (χ1) is 44.0. The van der Waals surface area contributed by atoms with Crippen LogP contribution in [0.15, 0.2) is 193 Å². The Morgan fingerprint density at radius 2 is 0.581 bits per heavy atom. The van der Waals surface area contributed by atoms with Crippen LogP contribution in [0.3, 0.4) is 0 Å². The van der Waals surface area contributed by atoms with Gasteiger partial charge >= 0.3 is 0 Å². The quantitative estimate of drug-likeness (QED) is 0.178. The van der Waals surface area contributed by atoms with Gasteiger partial charge in [-0.2, -0.15) is 10.5 Å². The van der Waals surface area contributed by atoms with Crippen molar-refractivity contribution < 1.29 is 43.9 Å². The van der Waals surface area contributed by atoms with Crippen molar-refractivity contribution in [3.63, 3.8) is 0 Å². The second-order valence-corrected chi connectivity index (χ2v) is 14.1. The summed E-state index contributed by atoms with van der Waals surface area (Å²) < 4.78 is 302. The fourth-order valence-corrected chi connectivity index (χ4v) is 9.11. The lowest BCUT2D eigenvalue weighted by Crippen LogP contribution is -2.19. The molecule has 0 aliphatic heterocycles. The first kappa shape index (κ1) is 15.5. The van der Waals surface area contributed by atoms with E-state index in [1.807, 2.05) is 12.1 Å². The highest BCUT2D eigenvalue weighted by Crippen LogP contribution is 2.57. The molecule has 4 heteroatoms. The van der Waals surface area contributed by atoms with Gasteiger partial charge in [0.05, 0.1) is 88.4 Å². The molecule has 0 saturated carbocycles. The number of fused-ring (bicyclic) bond motifs is 12. The maximum absolute atomic E-state index is 12.4. The van der Waals surface area contributed by atoms with Gasteiger partial charge in [0.25, 0.3) is 0 Å². The van der Waals surface area contributed by atoms with Crippen LogP contribution < -0.4 is 0 Å². The molecular weight excluding hydrogens is 753 g/mol. The van der Waals surface area contributed by atoms with Gasteiger partial charge in [0.15, 0.2) is 0 Å². The van der Waals surface area contributed by atoms with Gasteiger partial charge in [0, 0.05) is 44.5 Å². The predicted octanol–water partition coefficient (Wildman–Crippen LogP) is 13.9. The molecule has 0 amide bonds. The Hall–Kier alpha value is -8.44. The van der Waals surface area contributed by atoms with Gasteiger partial charge in [-0.05, 0) is 68.7 Å². The Balaban J connectivity index is 1.53. The lowest BCUT2D eigenvalue weighted by Gasteiger charge is -2.31. The van der Waals surface area contributed by atoms with Crippen molar-refractivity contribution in [1.29, 1.82) is 10.5 Å². The minimum atomic E-state index is -2.43. The van der Waals surface area contributed by atoms with Crippen molar-refractivity contribution in [3.8, 4) is 45.8 Å². The summed E-state index contributed by atoms with van der Waals surface area (Å²) in [5.41, 5.74) is -15.7. The lowest BCUT2D eigenvalue weighted by atomic mass is 9.77. The summed E-state index contributed by atoms with van der Waals surface area (Å²) in [5, 5.41) is 21.7. The van der Waals surface area contributed by atoms with E-state index < -0.39 is 327 Å². The van der Waals surface area contributed by atoms with Crippen molar-refractivity contribution in [3.05, 3.63) is 238 Å². The lowest BCUT2D eigenvalue weighted by molar-refractivity contribution is 0.920. The van der Waals surface area contributed by atoms with Crippen LogP contribution in [-0.2, 0) is 0 Å². The number of benzene rings is 9. The first-order valence-electron chi connectivity index (χ1n) is 34.5. The fourth-order valence-electron chi connectivity index (χ4n) is 9.11. The molecular formula is C58H34N4. The van der Waals surface area contributed by atoms with Crippen molar-refractivity contribution in [1.82, 2.24) is 9.13 Å². The van der Waals surface area contributed by atoms with Crippen LogP contribution in [0, 0.1) is 22.7 Å². The van der Waals surface area contributed by atoms with Crippen LogP contribution in [0.4, 0.5) is 0 Å². The number of para-hydroxylation sites is 4. The molecule has 0 fully saturated rings. The van der Waals surface area contributed by atoms with E-state index in [1.54, 1.807) is 0 Å². The second kappa shape index (κ2) is 13.0. The monoisotopic (exact) mass is 818 g/mol. The second-order valence-electron chi connectivity index (χ2n) is 14.1. The van der Waals surface area contributed by atoms with Gasteiger partial charge in [0.2, 0.25) is 0 Å². The van der Waals surface area contributed by atoms with Crippen LogP contribution in [0.2, 0.25) is 0 Å². The normalized spacial score (nSPS) is 20.2. The summed E-state index contributed by atoms with van der Waals surface area (Å²) in [6, 6.07) is -29.9. The third kappa shape index (κ3) is 4.48. The molecule has 62 heavy (non-hydrogen) atoms. The molecule has 0 radical (unpaired) electrons. The molecule has 2 heterocycles. The zero-order valence-corrected chi connectivity index (χ0v) is 30.9. The van der Waals surface area contributed by atoms with Gasteiger partial charge < -0.3 is 9.13 Å². The molecule has 0 bridgehead atoms. The van der Waals surface area contributed by atoms with E-state index in [9.17, 15) is 43.4 Å². The average Bonchev–Trinajstić information content (AvgIpc) is 1.48. The van der Waals surface area contributed by atoms with Gasteiger partial charge in [-0.3, -0.25) is 0 Å². The standard InChI is InChI=1S/C58H34N4/c59-33-47-48(34-60)56(54-45-27-7-3-19-37(45)38-20-4-8-28-46(38)54)58(62-51-31-15-11-23-41(51)42-24-12-16-32-52(42)62)57(61-49-29-13-9-21-39(49)40-22-10-14-30-50(40)61)55(47)53-43-25-5-1-17-35(43)36-18-2-6-26-44(36)53/h1-32,53-54H/i1D,2D,3D,4D,5D,6D,7D,8D,9D,10D,11D,12D,13D,14D,15D,16D,17D,18D,19D,20D,21D,22D,23D,24D,25D,26D,27D,28D,29D,30D,31D,32D. The summed E-state index contributed by atoms with van der Waals surface area (Å²) in [5.74, 6) is -4.85. The highest BCUT2D eigenvalue weighted by atomic mass is 15.1. The highest BCUT2D eigenvalue weighted by molar-refractivity contribution is 6.12. The zero-order chi connectivity index (χ0) is 68.9. The molecule has 286 valence electrons. The average molecular weight is 819 g/mol. The van der Waals surface area contributed by atoms with E-state index in [-0.39, 0.29) is 0 Å². The molecule has 0 spiro atoms. The summed E-state index contributed by atoms with van der Waals surface area (Å²) >= 11 is 0. The molecule has 2 aliphatic carbocycles. The topological polar surface area (TPSA) is 57.4 Å². The Morgan fingerprint density at radius 1 is 0.339 bits per heavy atom. The molecule has 4 nitrogen and oxygen atoms in total. The van der Waals surface area contributed by atoms with Crippen molar-refractivity contribution in [2.45, 2.75) is 11.8 Å². The van der Waals surface area contributed by atoms with Crippen molar-refractivity contribution in [2.24, 2.45) is 0 Å². The van der Waals surface area contributed by atoms with E-state index in [1.165, 1.54) is 0 Å². The first-order valence-corrected chi connectivity index (χ1v) is 18.5. The van der Waals surface area contributed by atoms with Gasteiger partial charge in [0.1, 0.15) is 12.1 Å². The zero-order valence-electron chi connectivity index (χ0n) is 62.9. The van der Waals surface area contributed by atoms with Crippen molar-refractivity contribution >= 4 is 43.6 Å². The molecule has 0 atom stereocenters. The fraction of sp³-hybridized carbons (Fsp3) is 0.0345. The Labute approximate surface area is 403 Å². The van der Waals surface area contributed by atoms with Crippen LogP contribution in [0.1, 0.15) is 100 Å². The molecule has 2 aromatic heterocycles. The maximum atomic E-state index is 12.4.